The van der Waals surface area contributed by atoms with E-state index < -0.39 is 0 Å². The molecule has 0 aliphatic carbocycles. The van der Waals surface area contributed by atoms with Crippen LogP contribution in [0.3, 0.4) is 0 Å². The molecule has 0 spiro atoms. The lowest BCUT2D eigenvalue weighted by Gasteiger charge is -2.35. The first-order valence-corrected chi connectivity index (χ1v) is 8.14. The van der Waals surface area contributed by atoms with Gasteiger partial charge in [0.1, 0.15) is 12.1 Å². The van der Waals surface area contributed by atoms with E-state index >= 15 is 0 Å². The Hall–Kier alpha value is -2.57. The minimum atomic E-state index is -0.365. The van der Waals surface area contributed by atoms with Gasteiger partial charge >= 0.3 is 0 Å². The highest BCUT2D eigenvalue weighted by atomic mass is 16.5. The number of likely N-dealkylation sites (tertiary alicyclic amines) is 1. The smallest absolute Gasteiger partial charge is 0.290 e. The van der Waals surface area contributed by atoms with Gasteiger partial charge in [-0.3, -0.25) is 9.59 Å². The molecular weight excluding hydrogens is 310 g/mol. The van der Waals surface area contributed by atoms with Crippen molar-refractivity contribution in [3.63, 3.8) is 0 Å². The quantitative estimate of drug-likeness (QED) is 0.858. The van der Waals surface area contributed by atoms with Crippen molar-refractivity contribution < 1.29 is 13.9 Å². The van der Waals surface area contributed by atoms with Crippen LogP contribution in [0.5, 0.6) is 5.75 Å². The van der Waals surface area contributed by atoms with Gasteiger partial charge in [-0.25, -0.2) is 4.98 Å². The Balaban J connectivity index is 1.91. The fourth-order valence-corrected chi connectivity index (χ4v) is 3.13. The molecule has 1 amide bonds. The third kappa shape index (κ3) is 2.93. The number of rotatable bonds is 4. The third-order valence-electron chi connectivity index (χ3n) is 4.38. The summed E-state index contributed by atoms with van der Waals surface area (Å²) in [4.78, 5) is 31.0. The Bertz CT molecular complexity index is 780. The largest absolute Gasteiger partial charge is 0.490 e. The summed E-state index contributed by atoms with van der Waals surface area (Å²) in [5.41, 5.74) is -0.365. The van der Waals surface area contributed by atoms with Crippen molar-refractivity contribution in [1.82, 2.24) is 14.5 Å². The summed E-state index contributed by atoms with van der Waals surface area (Å²) in [5.74, 6) is 0.706. The zero-order valence-corrected chi connectivity index (χ0v) is 13.9. The van der Waals surface area contributed by atoms with Gasteiger partial charge in [0.2, 0.25) is 11.2 Å². The second-order valence-corrected chi connectivity index (χ2v) is 5.76. The van der Waals surface area contributed by atoms with Crippen molar-refractivity contribution >= 4 is 5.91 Å². The van der Waals surface area contributed by atoms with E-state index in [2.05, 4.69) is 4.98 Å². The van der Waals surface area contributed by atoms with Crippen LogP contribution in [0, 0.1) is 0 Å². The summed E-state index contributed by atoms with van der Waals surface area (Å²) < 4.78 is 12.3. The fraction of sp³-hybridized carbons (Fsp3) is 0.471. The van der Waals surface area contributed by atoms with Crippen molar-refractivity contribution in [2.45, 2.75) is 38.8 Å². The number of methoxy groups -OCH3 is 1. The van der Waals surface area contributed by atoms with E-state index in [0.29, 0.717) is 6.54 Å². The van der Waals surface area contributed by atoms with Crippen LogP contribution in [0.1, 0.15) is 48.6 Å². The maximum absolute atomic E-state index is 12.9. The Morgan fingerprint density at radius 1 is 1.46 bits per heavy atom. The maximum Gasteiger partial charge on any atom is 0.290 e. The first-order valence-electron chi connectivity index (χ1n) is 8.14. The van der Waals surface area contributed by atoms with E-state index in [-0.39, 0.29) is 28.9 Å². The normalized spacial score (nSPS) is 17.8. The molecule has 1 fully saturated rings. The van der Waals surface area contributed by atoms with Crippen LogP contribution in [0.2, 0.25) is 0 Å². The molecule has 3 heterocycles. The molecule has 7 heteroatoms. The summed E-state index contributed by atoms with van der Waals surface area (Å²) in [6.07, 6.45) is 7.67. The number of amides is 1. The number of carbonyl (C=O) groups is 1. The molecule has 3 rings (SSSR count). The van der Waals surface area contributed by atoms with Gasteiger partial charge in [-0.05, 0) is 26.2 Å². The monoisotopic (exact) mass is 331 g/mol. The van der Waals surface area contributed by atoms with E-state index in [0.717, 1.165) is 31.6 Å². The topological polar surface area (TPSA) is 77.6 Å². The Kier molecular flexibility index (Phi) is 4.69. The van der Waals surface area contributed by atoms with E-state index in [1.165, 1.54) is 19.4 Å². The second kappa shape index (κ2) is 6.90. The molecule has 24 heavy (non-hydrogen) atoms. The van der Waals surface area contributed by atoms with Crippen LogP contribution in [0.25, 0.3) is 0 Å². The van der Waals surface area contributed by atoms with Crippen molar-refractivity contribution in [1.29, 1.82) is 0 Å². The summed E-state index contributed by atoms with van der Waals surface area (Å²) >= 11 is 0. The Morgan fingerprint density at radius 2 is 2.29 bits per heavy atom. The molecule has 0 N–H and O–H groups in total. The minimum Gasteiger partial charge on any atom is -0.490 e. The third-order valence-corrected chi connectivity index (χ3v) is 4.38. The average Bonchev–Trinajstić information content (AvgIpc) is 3.09. The number of ether oxygens (including phenoxy) is 1. The first kappa shape index (κ1) is 16.3. The van der Waals surface area contributed by atoms with Crippen molar-refractivity contribution in [3.8, 4) is 5.75 Å². The van der Waals surface area contributed by atoms with E-state index in [1.54, 1.807) is 11.1 Å². The minimum absolute atomic E-state index is 0.0299. The van der Waals surface area contributed by atoms with E-state index in [4.69, 9.17) is 9.15 Å². The van der Waals surface area contributed by atoms with Crippen LogP contribution in [0.15, 0.2) is 33.9 Å². The molecule has 2 aromatic heterocycles. The molecule has 1 saturated heterocycles. The van der Waals surface area contributed by atoms with Crippen LogP contribution in [0.4, 0.5) is 0 Å². The number of hydrogen-bond donors (Lipinski definition) is 0. The molecule has 0 unspecified atom stereocenters. The lowest BCUT2D eigenvalue weighted by molar-refractivity contribution is 0.0559. The number of carbonyl (C=O) groups excluding carboxylic acids is 1. The number of imidazole rings is 1. The predicted molar refractivity (Wildman–Crippen MR) is 87.1 cm³/mol. The highest BCUT2D eigenvalue weighted by molar-refractivity contribution is 5.91. The van der Waals surface area contributed by atoms with Gasteiger partial charge in [0.05, 0.1) is 13.2 Å². The zero-order valence-electron chi connectivity index (χ0n) is 13.9. The molecule has 1 aliphatic rings. The molecular formula is C17H21N3O4. The van der Waals surface area contributed by atoms with Gasteiger partial charge in [-0.1, -0.05) is 0 Å². The van der Waals surface area contributed by atoms with Crippen molar-refractivity contribution in [3.05, 3.63) is 46.5 Å². The SMILES string of the molecule is CCn1ccnc1[C@@H]1CCCCN1C(=O)c1cc(=O)c(OC)co1. The number of aryl methyl sites for hydroxylation is 1. The van der Waals surface area contributed by atoms with Crippen molar-refractivity contribution in [2.75, 3.05) is 13.7 Å². The lowest BCUT2D eigenvalue weighted by atomic mass is 10.0. The summed E-state index contributed by atoms with van der Waals surface area (Å²) in [5, 5.41) is 0. The van der Waals surface area contributed by atoms with Crippen LogP contribution < -0.4 is 10.2 Å². The molecule has 0 radical (unpaired) electrons. The molecule has 7 nitrogen and oxygen atoms in total. The molecule has 1 aliphatic heterocycles. The highest BCUT2D eigenvalue weighted by Gasteiger charge is 2.32. The summed E-state index contributed by atoms with van der Waals surface area (Å²) in [7, 11) is 1.39. The summed E-state index contributed by atoms with van der Waals surface area (Å²) in [6, 6.07) is 1.09. The second-order valence-electron chi connectivity index (χ2n) is 5.76. The van der Waals surface area contributed by atoms with E-state index in [9.17, 15) is 9.59 Å². The summed E-state index contributed by atoms with van der Waals surface area (Å²) in [6.45, 7) is 3.46. The van der Waals surface area contributed by atoms with Gasteiger partial charge < -0.3 is 18.6 Å². The Labute approximate surface area is 139 Å². The van der Waals surface area contributed by atoms with Gasteiger partial charge in [0, 0.05) is 31.5 Å². The van der Waals surface area contributed by atoms with Gasteiger partial charge in [0.25, 0.3) is 5.91 Å². The van der Waals surface area contributed by atoms with E-state index in [1.807, 2.05) is 17.7 Å². The number of hydrogen-bond acceptors (Lipinski definition) is 5. The highest BCUT2D eigenvalue weighted by Crippen LogP contribution is 2.31. The van der Waals surface area contributed by atoms with Crippen LogP contribution >= 0.6 is 0 Å². The fourth-order valence-electron chi connectivity index (χ4n) is 3.13. The number of nitrogens with zero attached hydrogens (tertiary/aromatic N) is 3. The molecule has 1 atom stereocenters. The zero-order chi connectivity index (χ0) is 17.1. The predicted octanol–water partition coefficient (Wildman–Crippen LogP) is 2.23. The number of piperidine rings is 1. The standard InChI is InChI=1S/C17H21N3O4/c1-3-19-9-7-18-16(19)12-6-4-5-8-20(12)17(22)14-10-13(21)15(23-2)11-24-14/h7,9-12H,3-6,8H2,1-2H3/t12-/m0/s1. The number of aromatic nitrogens is 2. The molecule has 0 aromatic carbocycles. The Morgan fingerprint density at radius 3 is 3.00 bits per heavy atom. The molecule has 0 saturated carbocycles. The molecule has 2 aromatic rings. The molecule has 0 bridgehead atoms. The van der Waals surface area contributed by atoms with Gasteiger partial charge in [-0.15, -0.1) is 0 Å². The van der Waals surface area contributed by atoms with Crippen LogP contribution in [-0.4, -0.2) is 34.0 Å². The first-order chi connectivity index (χ1) is 11.7. The average molecular weight is 331 g/mol. The van der Waals surface area contributed by atoms with Crippen molar-refractivity contribution in [2.24, 2.45) is 0 Å². The van der Waals surface area contributed by atoms with Gasteiger partial charge in [-0.2, -0.15) is 0 Å². The lowest BCUT2D eigenvalue weighted by Crippen LogP contribution is -2.40. The van der Waals surface area contributed by atoms with Gasteiger partial charge in [0.15, 0.2) is 5.76 Å². The van der Waals surface area contributed by atoms with Crippen LogP contribution in [-0.2, 0) is 6.54 Å². The molecule has 128 valence electrons. The maximum atomic E-state index is 12.9.